The molecule has 0 bridgehead atoms. The zero-order valence-corrected chi connectivity index (χ0v) is 21.7. The van der Waals surface area contributed by atoms with Crippen LogP contribution in [0, 0.1) is 11.3 Å². The molecule has 38 heavy (non-hydrogen) atoms. The highest BCUT2D eigenvalue weighted by Crippen LogP contribution is 2.46. The van der Waals surface area contributed by atoms with Crippen LogP contribution < -0.4 is 10.2 Å². The molecule has 2 aliphatic rings. The molecule has 4 amide bonds. The second kappa shape index (κ2) is 10.5. The van der Waals surface area contributed by atoms with Gasteiger partial charge in [-0.15, -0.1) is 11.8 Å². The van der Waals surface area contributed by atoms with Crippen LogP contribution in [0.15, 0.2) is 58.6 Å². The van der Waals surface area contributed by atoms with Crippen molar-refractivity contribution < 1.29 is 27.6 Å². The van der Waals surface area contributed by atoms with Gasteiger partial charge in [0.1, 0.15) is 0 Å². The number of carbonyl (C=O) groups excluding carboxylic acids is 3. The topological polar surface area (TPSA) is 93.5 Å². The summed E-state index contributed by atoms with van der Waals surface area (Å²) in [4.78, 5) is 43.6. The molecule has 2 aromatic rings. The lowest BCUT2D eigenvalue weighted by atomic mass is 9.83. The number of allylic oxidation sites excluding steroid dienone is 1. The molecule has 1 heterocycles. The highest BCUT2D eigenvalue weighted by atomic mass is 32.2. The van der Waals surface area contributed by atoms with Crippen LogP contribution in [0.1, 0.15) is 55.8 Å². The Morgan fingerprint density at radius 3 is 2.53 bits per heavy atom. The molecular weight excluding hydrogens is 517 g/mol. The number of urea groups is 2. The van der Waals surface area contributed by atoms with Crippen LogP contribution in [0.5, 0.6) is 0 Å². The van der Waals surface area contributed by atoms with Crippen LogP contribution in [0.25, 0.3) is 0 Å². The number of benzene rings is 2. The summed E-state index contributed by atoms with van der Waals surface area (Å²) in [5.74, 6) is -0.292. The molecule has 4 rings (SSSR count). The number of hydrogen-bond acceptors (Lipinski definition) is 5. The van der Waals surface area contributed by atoms with E-state index in [0.29, 0.717) is 22.4 Å². The van der Waals surface area contributed by atoms with Gasteiger partial charge in [-0.25, -0.2) is 14.5 Å². The van der Waals surface area contributed by atoms with Crippen molar-refractivity contribution in [2.75, 3.05) is 11.2 Å². The van der Waals surface area contributed by atoms with Gasteiger partial charge in [-0.05, 0) is 68.8 Å². The predicted molar refractivity (Wildman–Crippen MR) is 136 cm³/mol. The van der Waals surface area contributed by atoms with E-state index in [9.17, 15) is 32.8 Å². The van der Waals surface area contributed by atoms with Gasteiger partial charge in [0.15, 0.2) is 5.78 Å². The van der Waals surface area contributed by atoms with Gasteiger partial charge in [0.05, 0.1) is 28.9 Å². The van der Waals surface area contributed by atoms with Crippen LogP contribution in [-0.2, 0) is 11.0 Å². The molecule has 0 fully saturated rings. The Labute approximate surface area is 222 Å². The number of hydrogen-bond donors (Lipinski definition) is 1. The van der Waals surface area contributed by atoms with Gasteiger partial charge in [0, 0.05) is 28.6 Å². The third kappa shape index (κ3) is 5.00. The van der Waals surface area contributed by atoms with Gasteiger partial charge in [0.2, 0.25) is 0 Å². The first kappa shape index (κ1) is 27.3. The van der Waals surface area contributed by atoms with Crippen molar-refractivity contribution in [1.82, 2.24) is 10.2 Å². The van der Waals surface area contributed by atoms with Crippen molar-refractivity contribution in [1.29, 1.82) is 5.26 Å². The molecule has 0 unspecified atom stereocenters. The summed E-state index contributed by atoms with van der Waals surface area (Å²) >= 11 is 1.30. The smallest absolute Gasteiger partial charge is 0.335 e. The molecule has 0 radical (unpaired) electrons. The van der Waals surface area contributed by atoms with Crippen molar-refractivity contribution in [2.45, 2.75) is 56.3 Å². The summed E-state index contributed by atoms with van der Waals surface area (Å²) < 4.78 is 40.6. The number of halogens is 3. The van der Waals surface area contributed by atoms with Crippen LogP contribution in [0.4, 0.5) is 28.4 Å². The second-order valence-corrected chi connectivity index (χ2v) is 10.1. The summed E-state index contributed by atoms with van der Waals surface area (Å²) in [5.41, 5.74) is 0.276. The lowest BCUT2D eigenvalue weighted by Gasteiger charge is -2.44. The van der Waals surface area contributed by atoms with Crippen LogP contribution in [0.3, 0.4) is 0 Å². The standard InChI is InChI=1S/C27H25F3N4O3S/c1-15(2)32-25(36)34-24(19-11-10-16(14-31)12-22(19)38-3)23-20(8-5-9-21(23)35)33(26(34)37)18-7-4-6-17(13-18)27(28,29)30/h4,6-7,10-13,15,24H,5,8-9H2,1-3H3,(H,32,36)/t24-/m1/s1. The third-order valence-corrected chi connectivity index (χ3v) is 7.14. The Kier molecular flexibility index (Phi) is 7.56. The van der Waals surface area contributed by atoms with E-state index in [1.807, 2.05) is 0 Å². The first-order chi connectivity index (χ1) is 18.0. The van der Waals surface area contributed by atoms with Gasteiger partial charge >= 0.3 is 18.2 Å². The van der Waals surface area contributed by atoms with Crippen molar-refractivity contribution >= 4 is 35.3 Å². The minimum atomic E-state index is -4.65. The SMILES string of the molecule is CSc1cc(C#N)ccc1[C@@H]1C2=C(CCCC2=O)N(c2cccc(C(F)(F)F)c2)C(=O)N1C(=O)NC(C)C. The molecule has 11 heteroatoms. The van der Waals surface area contributed by atoms with E-state index in [2.05, 4.69) is 11.4 Å². The molecule has 1 aliphatic heterocycles. The quantitative estimate of drug-likeness (QED) is 0.451. The number of Topliss-reactive ketones (excluding diaryl/α,β-unsaturated/α-hetero) is 1. The Morgan fingerprint density at radius 1 is 1.16 bits per heavy atom. The number of ketones is 1. The van der Waals surface area contributed by atoms with Gasteiger partial charge in [-0.3, -0.25) is 9.69 Å². The normalized spacial score (nSPS) is 18.0. The van der Waals surface area contributed by atoms with Gasteiger partial charge in [0.25, 0.3) is 0 Å². The monoisotopic (exact) mass is 542 g/mol. The van der Waals surface area contributed by atoms with Gasteiger partial charge < -0.3 is 5.32 Å². The van der Waals surface area contributed by atoms with E-state index in [0.717, 1.165) is 21.9 Å². The van der Waals surface area contributed by atoms with E-state index in [1.165, 1.54) is 23.9 Å². The Morgan fingerprint density at radius 2 is 1.89 bits per heavy atom. The summed E-state index contributed by atoms with van der Waals surface area (Å²) in [6.45, 7) is 3.41. The number of nitriles is 1. The first-order valence-electron chi connectivity index (χ1n) is 11.9. The van der Waals surface area contributed by atoms with E-state index in [4.69, 9.17) is 0 Å². The van der Waals surface area contributed by atoms with Gasteiger partial charge in [-0.1, -0.05) is 12.1 Å². The maximum atomic E-state index is 14.1. The average Bonchev–Trinajstić information content (AvgIpc) is 2.86. The fraction of sp³-hybridized carbons (Fsp3) is 0.333. The third-order valence-electron chi connectivity index (χ3n) is 6.35. The Bertz CT molecular complexity index is 1380. The lowest BCUT2D eigenvalue weighted by molar-refractivity contribution is -0.137. The fourth-order valence-corrected chi connectivity index (χ4v) is 5.42. The average molecular weight is 543 g/mol. The number of amides is 4. The molecule has 1 N–H and O–H groups in total. The maximum Gasteiger partial charge on any atom is 0.416 e. The molecule has 1 aliphatic carbocycles. The van der Waals surface area contributed by atoms with Crippen molar-refractivity contribution in [3.8, 4) is 6.07 Å². The highest BCUT2D eigenvalue weighted by Gasteiger charge is 2.48. The number of anilines is 1. The van der Waals surface area contributed by atoms with Crippen molar-refractivity contribution in [3.63, 3.8) is 0 Å². The predicted octanol–water partition coefficient (Wildman–Crippen LogP) is 6.41. The number of nitrogens with zero attached hydrogens (tertiary/aromatic N) is 3. The number of nitrogens with one attached hydrogen (secondary N) is 1. The van der Waals surface area contributed by atoms with Crippen molar-refractivity contribution in [3.05, 3.63) is 70.4 Å². The first-order valence-corrected chi connectivity index (χ1v) is 13.2. The minimum Gasteiger partial charge on any atom is -0.335 e. The molecular formula is C27H25F3N4O3S. The molecule has 2 aromatic carbocycles. The van der Waals surface area contributed by atoms with Crippen LogP contribution in [0.2, 0.25) is 0 Å². The van der Waals surface area contributed by atoms with Crippen molar-refractivity contribution in [2.24, 2.45) is 0 Å². The van der Waals surface area contributed by atoms with E-state index in [1.54, 1.807) is 38.3 Å². The minimum absolute atomic E-state index is 0.0854. The number of imide groups is 1. The zero-order chi connectivity index (χ0) is 27.8. The molecule has 1 atom stereocenters. The lowest BCUT2D eigenvalue weighted by Crippen LogP contribution is -2.57. The summed E-state index contributed by atoms with van der Waals surface area (Å²) in [5, 5.41) is 12.1. The maximum absolute atomic E-state index is 14.1. The zero-order valence-electron chi connectivity index (χ0n) is 20.9. The Balaban J connectivity index is 2.01. The van der Waals surface area contributed by atoms with E-state index < -0.39 is 29.8 Å². The number of alkyl halides is 3. The fourth-order valence-electron chi connectivity index (χ4n) is 4.76. The van der Waals surface area contributed by atoms with Crippen LogP contribution in [-0.4, -0.2) is 35.0 Å². The second-order valence-electron chi connectivity index (χ2n) is 9.25. The Hall–Kier alpha value is -3.78. The number of carbonyl (C=O) groups is 3. The van der Waals surface area contributed by atoms with Gasteiger partial charge in [-0.2, -0.15) is 18.4 Å². The summed E-state index contributed by atoms with van der Waals surface area (Å²) in [6.07, 6.45) is -2.03. The molecule has 0 saturated heterocycles. The number of rotatable bonds is 4. The number of thioether (sulfide) groups is 1. The molecule has 0 spiro atoms. The van der Waals surface area contributed by atoms with E-state index in [-0.39, 0.29) is 41.6 Å². The van der Waals surface area contributed by atoms with Crippen LogP contribution >= 0.6 is 11.8 Å². The summed E-state index contributed by atoms with van der Waals surface area (Å²) in [7, 11) is 0. The van der Waals surface area contributed by atoms with E-state index >= 15 is 0 Å². The molecule has 198 valence electrons. The highest BCUT2D eigenvalue weighted by molar-refractivity contribution is 7.98. The summed E-state index contributed by atoms with van der Waals surface area (Å²) in [6, 6.07) is 8.00. The molecule has 0 aromatic heterocycles. The largest absolute Gasteiger partial charge is 0.416 e. The molecule has 7 nitrogen and oxygen atoms in total. The molecule has 0 saturated carbocycles.